The SMILES string of the molecule is COc1ccccc1NCc1cc(=O)n2c(n1)C(C)CCC(c1cccs1)=N2. The van der Waals surface area contributed by atoms with E-state index in [9.17, 15) is 4.79 Å². The molecule has 2 aromatic heterocycles. The predicted octanol–water partition coefficient (Wildman–Crippen LogP) is 4.08. The minimum absolute atomic E-state index is 0.148. The van der Waals surface area contributed by atoms with Crippen molar-refractivity contribution in [1.29, 1.82) is 0 Å². The molecule has 1 unspecified atom stereocenters. The van der Waals surface area contributed by atoms with Crippen molar-refractivity contribution >= 4 is 22.7 Å². The molecule has 28 heavy (non-hydrogen) atoms. The van der Waals surface area contributed by atoms with E-state index < -0.39 is 0 Å². The van der Waals surface area contributed by atoms with Gasteiger partial charge in [-0.1, -0.05) is 25.1 Å². The minimum Gasteiger partial charge on any atom is -0.495 e. The summed E-state index contributed by atoms with van der Waals surface area (Å²) in [6.07, 6.45) is 1.74. The van der Waals surface area contributed by atoms with Crippen LogP contribution in [0, 0.1) is 0 Å². The summed E-state index contributed by atoms with van der Waals surface area (Å²) in [5.74, 6) is 1.63. The van der Waals surface area contributed by atoms with Gasteiger partial charge in [-0.2, -0.15) is 9.78 Å². The molecule has 1 aromatic carbocycles. The number of nitrogens with one attached hydrogen (secondary N) is 1. The molecule has 0 saturated carbocycles. The minimum atomic E-state index is -0.148. The van der Waals surface area contributed by atoms with Crippen molar-refractivity contribution < 1.29 is 4.74 Å². The average Bonchev–Trinajstić information content (AvgIpc) is 3.19. The molecule has 3 aromatic rings. The van der Waals surface area contributed by atoms with E-state index in [0.29, 0.717) is 12.2 Å². The van der Waals surface area contributed by atoms with E-state index >= 15 is 0 Å². The van der Waals surface area contributed by atoms with E-state index in [-0.39, 0.29) is 11.5 Å². The van der Waals surface area contributed by atoms with Crippen LogP contribution in [0.1, 0.15) is 42.1 Å². The molecule has 6 nitrogen and oxygen atoms in total. The first-order chi connectivity index (χ1) is 13.7. The van der Waals surface area contributed by atoms with Crippen molar-refractivity contribution in [2.24, 2.45) is 5.10 Å². The van der Waals surface area contributed by atoms with Gasteiger partial charge in [0.2, 0.25) is 0 Å². The second-order valence-electron chi connectivity index (χ2n) is 6.77. The van der Waals surface area contributed by atoms with Crippen LogP contribution in [0.25, 0.3) is 0 Å². The molecule has 1 aliphatic rings. The van der Waals surface area contributed by atoms with Gasteiger partial charge in [0.15, 0.2) is 0 Å². The summed E-state index contributed by atoms with van der Waals surface area (Å²) in [4.78, 5) is 18.7. The maximum Gasteiger partial charge on any atom is 0.274 e. The number of thiophene rings is 1. The van der Waals surface area contributed by atoms with Gasteiger partial charge in [-0.3, -0.25) is 4.79 Å². The van der Waals surface area contributed by atoms with Crippen LogP contribution in [0.2, 0.25) is 0 Å². The van der Waals surface area contributed by atoms with Crippen LogP contribution in [-0.4, -0.2) is 22.5 Å². The summed E-state index contributed by atoms with van der Waals surface area (Å²) in [7, 11) is 1.64. The summed E-state index contributed by atoms with van der Waals surface area (Å²) in [6, 6.07) is 13.3. The lowest BCUT2D eigenvalue weighted by Crippen LogP contribution is -2.24. The number of para-hydroxylation sites is 2. The maximum atomic E-state index is 12.8. The normalized spacial score (nSPS) is 16.1. The topological polar surface area (TPSA) is 68.5 Å². The molecule has 0 radical (unpaired) electrons. The molecule has 144 valence electrons. The van der Waals surface area contributed by atoms with Gasteiger partial charge in [0, 0.05) is 12.0 Å². The number of ether oxygens (including phenoxy) is 1. The summed E-state index contributed by atoms with van der Waals surface area (Å²) < 4.78 is 6.83. The summed E-state index contributed by atoms with van der Waals surface area (Å²) in [5, 5.41) is 9.98. The van der Waals surface area contributed by atoms with E-state index in [2.05, 4.69) is 17.3 Å². The van der Waals surface area contributed by atoms with Crippen molar-refractivity contribution in [3.8, 4) is 5.75 Å². The first kappa shape index (κ1) is 18.4. The van der Waals surface area contributed by atoms with E-state index in [1.165, 1.54) is 4.68 Å². The number of aromatic nitrogens is 2. The number of benzene rings is 1. The summed E-state index contributed by atoms with van der Waals surface area (Å²) >= 11 is 1.64. The lowest BCUT2D eigenvalue weighted by molar-refractivity contribution is 0.416. The fraction of sp³-hybridized carbons (Fsp3) is 0.286. The fourth-order valence-electron chi connectivity index (χ4n) is 3.30. The Hall–Kier alpha value is -2.93. The number of hydrogen-bond donors (Lipinski definition) is 1. The van der Waals surface area contributed by atoms with Crippen molar-refractivity contribution in [2.45, 2.75) is 32.2 Å². The van der Waals surface area contributed by atoms with E-state index in [0.717, 1.165) is 40.7 Å². The third kappa shape index (κ3) is 3.71. The van der Waals surface area contributed by atoms with E-state index in [4.69, 9.17) is 9.72 Å². The zero-order valence-corrected chi connectivity index (χ0v) is 16.7. The Balaban J connectivity index is 1.64. The molecule has 7 heteroatoms. The lowest BCUT2D eigenvalue weighted by atomic mass is 10.0. The van der Waals surface area contributed by atoms with Gasteiger partial charge in [0.25, 0.3) is 5.56 Å². The Labute approximate surface area is 167 Å². The molecule has 0 saturated heterocycles. The number of methoxy groups -OCH3 is 1. The van der Waals surface area contributed by atoms with Crippen LogP contribution in [0.5, 0.6) is 5.75 Å². The Morgan fingerprint density at radius 1 is 1.29 bits per heavy atom. The quantitative estimate of drug-likeness (QED) is 0.708. The van der Waals surface area contributed by atoms with Crippen LogP contribution in [-0.2, 0) is 6.54 Å². The van der Waals surface area contributed by atoms with Gasteiger partial charge in [0.1, 0.15) is 11.6 Å². The number of anilines is 1. The molecular formula is C21H22N4O2S. The molecule has 0 spiro atoms. The van der Waals surface area contributed by atoms with Gasteiger partial charge in [0.05, 0.1) is 35.6 Å². The van der Waals surface area contributed by atoms with Crippen LogP contribution in [0.15, 0.2) is 57.7 Å². The predicted molar refractivity (Wildman–Crippen MR) is 113 cm³/mol. The second kappa shape index (κ2) is 7.98. The molecule has 1 N–H and O–H groups in total. The Kier molecular flexibility index (Phi) is 5.25. The van der Waals surface area contributed by atoms with Gasteiger partial charge in [-0.05, 0) is 36.4 Å². The highest BCUT2D eigenvalue weighted by Gasteiger charge is 2.21. The average molecular weight is 395 g/mol. The molecule has 0 aliphatic carbocycles. The molecule has 3 heterocycles. The van der Waals surface area contributed by atoms with Crippen LogP contribution in [0.3, 0.4) is 0 Å². The second-order valence-corrected chi connectivity index (χ2v) is 7.72. The first-order valence-electron chi connectivity index (χ1n) is 9.27. The zero-order chi connectivity index (χ0) is 19.5. The molecule has 0 bridgehead atoms. The lowest BCUT2D eigenvalue weighted by Gasteiger charge is -2.14. The maximum absolute atomic E-state index is 12.8. The summed E-state index contributed by atoms with van der Waals surface area (Å²) in [6.45, 7) is 2.54. The van der Waals surface area contributed by atoms with Crippen LogP contribution < -0.4 is 15.6 Å². The highest BCUT2D eigenvalue weighted by atomic mass is 32.1. The standard InChI is InChI=1S/C21H22N4O2S/c1-14-9-10-17(19-8-5-11-28-19)24-25-20(26)12-15(23-21(14)25)13-22-16-6-3-4-7-18(16)27-2/h3-8,11-12,14,22H,9-10,13H2,1-2H3. The number of rotatable bonds is 5. The van der Waals surface area contributed by atoms with Crippen molar-refractivity contribution in [1.82, 2.24) is 9.66 Å². The molecule has 4 rings (SSSR count). The first-order valence-corrected chi connectivity index (χ1v) is 10.1. The summed E-state index contributed by atoms with van der Waals surface area (Å²) in [5.41, 5.74) is 2.37. The Bertz CT molecular complexity index is 1060. The Morgan fingerprint density at radius 3 is 2.93 bits per heavy atom. The third-order valence-electron chi connectivity index (χ3n) is 4.82. The molecule has 0 fully saturated rings. The van der Waals surface area contributed by atoms with Gasteiger partial charge < -0.3 is 10.1 Å². The van der Waals surface area contributed by atoms with E-state index in [1.807, 2.05) is 41.8 Å². The fourth-order valence-corrected chi connectivity index (χ4v) is 4.04. The van der Waals surface area contributed by atoms with Crippen molar-refractivity contribution in [2.75, 3.05) is 12.4 Å². The van der Waals surface area contributed by atoms with Gasteiger partial charge in [-0.15, -0.1) is 11.3 Å². The van der Waals surface area contributed by atoms with Crippen molar-refractivity contribution in [3.05, 3.63) is 74.6 Å². The highest BCUT2D eigenvalue weighted by Crippen LogP contribution is 2.26. The number of nitrogens with zero attached hydrogens (tertiary/aromatic N) is 3. The van der Waals surface area contributed by atoms with Crippen LogP contribution in [0.4, 0.5) is 5.69 Å². The monoisotopic (exact) mass is 394 g/mol. The molecule has 0 amide bonds. The number of fused-ring (bicyclic) bond motifs is 1. The third-order valence-corrected chi connectivity index (χ3v) is 5.74. The molecular weight excluding hydrogens is 372 g/mol. The largest absolute Gasteiger partial charge is 0.495 e. The van der Waals surface area contributed by atoms with Gasteiger partial charge in [-0.25, -0.2) is 4.98 Å². The highest BCUT2D eigenvalue weighted by molar-refractivity contribution is 7.12. The van der Waals surface area contributed by atoms with Crippen LogP contribution >= 0.6 is 11.3 Å². The molecule has 1 aliphatic heterocycles. The molecule has 1 atom stereocenters. The Morgan fingerprint density at radius 2 is 2.14 bits per heavy atom. The number of hydrogen-bond acceptors (Lipinski definition) is 6. The zero-order valence-electron chi connectivity index (χ0n) is 15.9. The van der Waals surface area contributed by atoms with Gasteiger partial charge >= 0.3 is 0 Å². The smallest absolute Gasteiger partial charge is 0.274 e. The van der Waals surface area contributed by atoms with Crippen molar-refractivity contribution in [3.63, 3.8) is 0 Å². The van der Waals surface area contributed by atoms with E-state index in [1.54, 1.807) is 24.5 Å².